The van der Waals surface area contributed by atoms with Gasteiger partial charge in [-0.1, -0.05) is 0 Å². The first-order chi connectivity index (χ1) is 9.28. The summed E-state index contributed by atoms with van der Waals surface area (Å²) in [6, 6.07) is 0. The molecular weight excluding hydrogens is 264 g/mol. The lowest BCUT2D eigenvalue weighted by molar-refractivity contribution is -0.143. The number of hydrogen-bond acceptors (Lipinski definition) is 6. The lowest BCUT2D eigenvalue weighted by Crippen LogP contribution is -2.13. The molecule has 1 N–H and O–H groups in total. The van der Waals surface area contributed by atoms with Crippen LogP contribution in [-0.4, -0.2) is 37.3 Å². The van der Waals surface area contributed by atoms with E-state index in [1.54, 1.807) is 11.3 Å². The maximum Gasteiger partial charge on any atom is 0.306 e. The van der Waals surface area contributed by atoms with E-state index in [-0.39, 0.29) is 5.97 Å². The third kappa shape index (κ3) is 4.80. The van der Waals surface area contributed by atoms with Crippen LogP contribution >= 0.6 is 11.3 Å². The van der Waals surface area contributed by atoms with Crippen molar-refractivity contribution in [1.29, 1.82) is 0 Å². The van der Waals surface area contributed by atoms with Crippen LogP contribution < -0.4 is 5.32 Å². The molecule has 0 aromatic carbocycles. The highest BCUT2D eigenvalue weighted by molar-refractivity contribution is 7.13. The third-order valence-corrected chi connectivity index (χ3v) is 3.86. The average molecular weight is 284 g/mol. The number of nitrogens with zero attached hydrogens (tertiary/aromatic N) is 1. The lowest BCUT2D eigenvalue weighted by Gasteiger charge is -2.07. The van der Waals surface area contributed by atoms with Gasteiger partial charge in [-0.15, -0.1) is 11.3 Å². The minimum absolute atomic E-state index is 0.159. The fourth-order valence-corrected chi connectivity index (χ4v) is 2.70. The van der Waals surface area contributed by atoms with Gasteiger partial charge >= 0.3 is 5.97 Å². The molecule has 5 nitrogen and oxygen atoms in total. The smallest absolute Gasteiger partial charge is 0.306 e. The van der Waals surface area contributed by atoms with Gasteiger partial charge in [-0.3, -0.25) is 4.79 Å². The minimum Gasteiger partial charge on any atom is -0.466 e. The molecule has 1 aliphatic rings. The van der Waals surface area contributed by atoms with E-state index in [0.29, 0.717) is 25.4 Å². The SMILES string of the molecule is CCOC(=O)CCc1csc(NCC2CCOC2)n1. The first kappa shape index (κ1) is 14.3. The van der Waals surface area contributed by atoms with Gasteiger partial charge in [0.2, 0.25) is 0 Å². The van der Waals surface area contributed by atoms with Gasteiger partial charge in [-0.2, -0.15) is 0 Å². The van der Waals surface area contributed by atoms with E-state index >= 15 is 0 Å². The van der Waals surface area contributed by atoms with Gasteiger partial charge in [0.25, 0.3) is 0 Å². The predicted molar refractivity (Wildman–Crippen MR) is 74.5 cm³/mol. The molecule has 1 atom stereocenters. The van der Waals surface area contributed by atoms with Gasteiger partial charge in [0.05, 0.1) is 25.3 Å². The van der Waals surface area contributed by atoms with E-state index in [0.717, 1.165) is 37.0 Å². The Morgan fingerprint density at radius 2 is 2.58 bits per heavy atom. The van der Waals surface area contributed by atoms with Gasteiger partial charge in [0.15, 0.2) is 5.13 Å². The van der Waals surface area contributed by atoms with Crippen molar-refractivity contribution in [1.82, 2.24) is 4.98 Å². The Hall–Kier alpha value is -1.14. The highest BCUT2D eigenvalue weighted by Crippen LogP contribution is 2.19. The van der Waals surface area contributed by atoms with Crippen molar-refractivity contribution >= 4 is 22.4 Å². The summed E-state index contributed by atoms with van der Waals surface area (Å²) in [4.78, 5) is 15.7. The van der Waals surface area contributed by atoms with E-state index in [1.807, 2.05) is 12.3 Å². The van der Waals surface area contributed by atoms with Crippen LogP contribution in [0.3, 0.4) is 0 Å². The van der Waals surface area contributed by atoms with Crippen molar-refractivity contribution in [2.24, 2.45) is 5.92 Å². The zero-order valence-electron chi connectivity index (χ0n) is 11.2. The Morgan fingerprint density at radius 3 is 3.32 bits per heavy atom. The second kappa shape index (κ2) is 7.45. The van der Waals surface area contributed by atoms with Crippen molar-refractivity contribution in [2.45, 2.75) is 26.2 Å². The Labute approximate surface area is 117 Å². The molecule has 0 saturated carbocycles. The molecule has 1 saturated heterocycles. The average Bonchev–Trinajstić information content (AvgIpc) is 3.06. The number of esters is 1. The van der Waals surface area contributed by atoms with Gasteiger partial charge < -0.3 is 14.8 Å². The molecule has 1 aromatic heterocycles. The van der Waals surface area contributed by atoms with Crippen molar-refractivity contribution in [3.63, 3.8) is 0 Å². The van der Waals surface area contributed by atoms with Gasteiger partial charge in [-0.25, -0.2) is 4.98 Å². The molecule has 106 valence electrons. The number of carbonyl (C=O) groups excluding carboxylic acids is 1. The number of thiazole rings is 1. The molecule has 0 bridgehead atoms. The normalized spacial score (nSPS) is 18.5. The van der Waals surface area contributed by atoms with Gasteiger partial charge in [0, 0.05) is 30.9 Å². The monoisotopic (exact) mass is 284 g/mol. The summed E-state index contributed by atoms with van der Waals surface area (Å²) in [6.07, 6.45) is 2.16. The summed E-state index contributed by atoms with van der Waals surface area (Å²) >= 11 is 1.58. The number of rotatable bonds is 7. The molecule has 1 unspecified atom stereocenters. The summed E-state index contributed by atoms with van der Waals surface area (Å²) in [5.41, 5.74) is 0.947. The number of anilines is 1. The Balaban J connectivity index is 1.70. The largest absolute Gasteiger partial charge is 0.466 e. The van der Waals surface area contributed by atoms with E-state index in [9.17, 15) is 4.79 Å². The van der Waals surface area contributed by atoms with Gasteiger partial charge in [-0.05, 0) is 13.3 Å². The molecule has 0 amide bonds. The van der Waals surface area contributed by atoms with Crippen molar-refractivity contribution in [3.8, 4) is 0 Å². The highest BCUT2D eigenvalue weighted by atomic mass is 32.1. The fraction of sp³-hybridized carbons (Fsp3) is 0.692. The second-order valence-electron chi connectivity index (χ2n) is 4.56. The number of carbonyl (C=O) groups is 1. The molecule has 1 aliphatic heterocycles. The summed E-state index contributed by atoms with van der Waals surface area (Å²) < 4.78 is 10.2. The molecule has 0 spiro atoms. The minimum atomic E-state index is -0.159. The zero-order chi connectivity index (χ0) is 13.5. The number of ether oxygens (including phenoxy) is 2. The van der Waals surface area contributed by atoms with Crippen LogP contribution in [0.1, 0.15) is 25.5 Å². The van der Waals surface area contributed by atoms with Crippen molar-refractivity contribution in [2.75, 3.05) is 31.7 Å². The van der Waals surface area contributed by atoms with Crippen LogP contribution in [0.25, 0.3) is 0 Å². The fourth-order valence-electron chi connectivity index (χ4n) is 1.94. The lowest BCUT2D eigenvalue weighted by atomic mass is 10.1. The van der Waals surface area contributed by atoms with E-state index in [4.69, 9.17) is 9.47 Å². The van der Waals surface area contributed by atoms with Gasteiger partial charge in [0.1, 0.15) is 0 Å². The Bertz CT molecular complexity index is 402. The first-order valence-corrected chi connectivity index (χ1v) is 7.57. The van der Waals surface area contributed by atoms with Crippen LogP contribution in [-0.2, 0) is 20.7 Å². The maximum absolute atomic E-state index is 11.2. The molecule has 19 heavy (non-hydrogen) atoms. The Morgan fingerprint density at radius 1 is 1.68 bits per heavy atom. The van der Waals surface area contributed by atoms with Crippen LogP contribution in [0.4, 0.5) is 5.13 Å². The molecule has 0 aliphatic carbocycles. The topological polar surface area (TPSA) is 60.5 Å². The highest BCUT2D eigenvalue weighted by Gasteiger charge is 2.15. The van der Waals surface area contributed by atoms with E-state index in [2.05, 4.69) is 10.3 Å². The standard InChI is InChI=1S/C13H20N2O3S/c1-2-18-12(16)4-3-11-9-19-13(15-11)14-7-10-5-6-17-8-10/h9-10H,2-8H2,1H3,(H,14,15). The predicted octanol–water partition coefficient (Wildman–Crippen LogP) is 2.09. The van der Waals surface area contributed by atoms with Crippen LogP contribution in [0.15, 0.2) is 5.38 Å². The quantitative estimate of drug-likeness (QED) is 0.777. The molecular formula is C13H20N2O3S. The summed E-state index contributed by atoms with van der Waals surface area (Å²) in [6.45, 7) is 4.87. The number of nitrogens with one attached hydrogen (secondary N) is 1. The third-order valence-electron chi connectivity index (χ3n) is 3.01. The van der Waals surface area contributed by atoms with E-state index < -0.39 is 0 Å². The molecule has 1 aromatic rings. The summed E-state index contributed by atoms with van der Waals surface area (Å²) in [5, 5.41) is 6.25. The number of hydrogen-bond donors (Lipinski definition) is 1. The number of aryl methyl sites for hydroxylation is 1. The van der Waals surface area contributed by atoms with Crippen molar-refractivity contribution < 1.29 is 14.3 Å². The second-order valence-corrected chi connectivity index (χ2v) is 5.42. The molecule has 2 rings (SSSR count). The van der Waals surface area contributed by atoms with Crippen LogP contribution in [0.5, 0.6) is 0 Å². The molecule has 2 heterocycles. The van der Waals surface area contributed by atoms with Crippen molar-refractivity contribution in [3.05, 3.63) is 11.1 Å². The Kier molecular flexibility index (Phi) is 5.60. The van der Waals surface area contributed by atoms with Crippen LogP contribution in [0.2, 0.25) is 0 Å². The van der Waals surface area contributed by atoms with E-state index in [1.165, 1.54) is 0 Å². The first-order valence-electron chi connectivity index (χ1n) is 6.69. The van der Waals surface area contributed by atoms with Crippen LogP contribution in [0, 0.1) is 5.92 Å². The summed E-state index contributed by atoms with van der Waals surface area (Å²) in [5.74, 6) is 0.431. The number of aromatic nitrogens is 1. The zero-order valence-corrected chi connectivity index (χ0v) is 12.0. The summed E-state index contributed by atoms with van der Waals surface area (Å²) in [7, 11) is 0. The maximum atomic E-state index is 11.2. The molecule has 6 heteroatoms. The molecule has 0 radical (unpaired) electrons. The molecule has 1 fully saturated rings.